The van der Waals surface area contributed by atoms with E-state index in [-0.39, 0.29) is 12.0 Å². The summed E-state index contributed by atoms with van der Waals surface area (Å²) >= 11 is 0. The Bertz CT molecular complexity index is 229. The molecule has 1 saturated heterocycles. The number of morpholine rings is 1. The monoisotopic (exact) mass is 214 g/mol. The molecule has 88 valence electrons. The number of ether oxygens (including phenoxy) is 1. The van der Waals surface area contributed by atoms with Gasteiger partial charge in [-0.2, -0.15) is 0 Å². The molecule has 0 aromatic rings. The highest BCUT2D eigenvalue weighted by Crippen LogP contribution is 2.12. The van der Waals surface area contributed by atoms with E-state index in [1.807, 2.05) is 32.6 Å². The molecule has 1 heterocycles. The molecule has 1 aliphatic heterocycles. The molecule has 0 spiro atoms. The quantitative estimate of drug-likeness (QED) is 0.749. The van der Waals surface area contributed by atoms with Gasteiger partial charge in [-0.1, -0.05) is 6.92 Å². The van der Waals surface area contributed by atoms with E-state index in [4.69, 9.17) is 4.74 Å². The summed E-state index contributed by atoms with van der Waals surface area (Å²) in [7, 11) is 0. The number of likely N-dealkylation sites (N-methyl/N-ethyl adjacent to an activating group) is 1. The molecular formula is C11H22N2O2. The summed E-state index contributed by atoms with van der Waals surface area (Å²) in [5.41, 5.74) is -0.466. The Morgan fingerprint density at radius 3 is 2.80 bits per heavy atom. The van der Waals surface area contributed by atoms with Crippen molar-refractivity contribution in [1.82, 2.24) is 10.2 Å². The van der Waals surface area contributed by atoms with E-state index < -0.39 is 5.54 Å². The van der Waals surface area contributed by atoms with E-state index >= 15 is 0 Å². The summed E-state index contributed by atoms with van der Waals surface area (Å²) in [6.07, 6.45) is 0.153. The Hall–Kier alpha value is -0.610. The van der Waals surface area contributed by atoms with Gasteiger partial charge in [-0.15, -0.1) is 0 Å². The lowest BCUT2D eigenvalue weighted by atomic mass is 10.0. The van der Waals surface area contributed by atoms with Crippen LogP contribution in [0.25, 0.3) is 0 Å². The van der Waals surface area contributed by atoms with Crippen LogP contribution >= 0.6 is 0 Å². The molecule has 0 aromatic carbocycles. The molecule has 4 heteroatoms. The van der Waals surface area contributed by atoms with Crippen molar-refractivity contribution in [3.8, 4) is 0 Å². The number of hydrogen-bond donors (Lipinski definition) is 1. The average molecular weight is 214 g/mol. The molecule has 0 aliphatic carbocycles. The predicted octanol–water partition coefficient (Wildman–Crippen LogP) is 0.622. The van der Waals surface area contributed by atoms with Crippen molar-refractivity contribution in [2.45, 2.75) is 39.3 Å². The smallest absolute Gasteiger partial charge is 0.242 e. The zero-order valence-corrected chi connectivity index (χ0v) is 10.2. The molecule has 1 amide bonds. The number of amides is 1. The van der Waals surface area contributed by atoms with Gasteiger partial charge < -0.3 is 15.0 Å². The molecule has 15 heavy (non-hydrogen) atoms. The largest absolute Gasteiger partial charge is 0.375 e. The predicted molar refractivity (Wildman–Crippen MR) is 59.7 cm³/mol. The SMILES string of the molecule is CCNC(C)(C)C(=O)N1CCOC(C)C1. The zero-order chi connectivity index (χ0) is 11.5. The number of hydrogen-bond acceptors (Lipinski definition) is 3. The number of rotatable bonds is 3. The minimum Gasteiger partial charge on any atom is -0.375 e. The Balaban J connectivity index is 2.58. The van der Waals surface area contributed by atoms with Crippen molar-refractivity contribution in [3.05, 3.63) is 0 Å². The van der Waals surface area contributed by atoms with Gasteiger partial charge in [0.2, 0.25) is 5.91 Å². The molecule has 1 N–H and O–H groups in total. The van der Waals surface area contributed by atoms with Crippen LogP contribution in [0.2, 0.25) is 0 Å². The van der Waals surface area contributed by atoms with Gasteiger partial charge in [0.25, 0.3) is 0 Å². The molecule has 1 rings (SSSR count). The highest BCUT2D eigenvalue weighted by atomic mass is 16.5. The summed E-state index contributed by atoms with van der Waals surface area (Å²) in [4.78, 5) is 14.0. The van der Waals surface area contributed by atoms with Crippen molar-refractivity contribution in [2.75, 3.05) is 26.2 Å². The lowest BCUT2D eigenvalue weighted by Gasteiger charge is -2.36. The number of nitrogens with one attached hydrogen (secondary N) is 1. The fraction of sp³-hybridized carbons (Fsp3) is 0.909. The van der Waals surface area contributed by atoms with Crippen LogP contribution in [-0.2, 0) is 9.53 Å². The minimum absolute atomic E-state index is 0.153. The lowest BCUT2D eigenvalue weighted by Crippen LogP contribution is -2.57. The second kappa shape index (κ2) is 4.94. The van der Waals surface area contributed by atoms with Crippen LogP contribution in [0.15, 0.2) is 0 Å². The van der Waals surface area contributed by atoms with Crippen LogP contribution in [0.5, 0.6) is 0 Å². The first-order valence-electron chi connectivity index (χ1n) is 5.63. The molecule has 0 aromatic heterocycles. The highest BCUT2D eigenvalue weighted by Gasteiger charge is 2.33. The van der Waals surface area contributed by atoms with Gasteiger partial charge in [-0.3, -0.25) is 4.79 Å². The van der Waals surface area contributed by atoms with Gasteiger partial charge in [0.15, 0.2) is 0 Å². The molecule has 0 bridgehead atoms. The summed E-state index contributed by atoms with van der Waals surface area (Å²) in [5.74, 6) is 0.166. The van der Waals surface area contributed by atoms with E-state index in [9.17, 15) is 4.79 Å². The maximum atomic E-state index is 12.2. The Morgan fingerprint density at radius 1 is 1.60 bits per heavy atom. The van der Waals surface area contributed by atoms with Gasteiger partial charge in [0, 0.05) is 13.1 Å². The Kier molecular flexibility index (Phi) is 4.11. The number of carbonyl (C=O) groups is 1. The Morgan fingerprint density at radius 2 is 2.27 bits per heavy atom. The molecule has 0 saturated carbocycles. The van der Waals surface area contributed by atoms with Gasteiger partial charge in [-0.25, -0.2) is 0 Å². The van der Waals surface area contributed by atoms with Crippen LogP contribution in [0, 0.1) is 0 Å². The fourth-order valence-electron chi connectivity index (χ4n) is 1.92. The Labute approximate surface area is 92.0 Å². The third-order valence-electron chi connectivity index (χ3n) is 2.68. The van der Waals surface area contributed by atoms with Gasteiger partial charge in [0.05, 0.1) is 18.2 Å². The van der Waals surface area contributed by atoms with Crippen LogP contribution in [0.1, 0.15) is 27.7 Å². The molecular weight excluding hydrogens is 192 g/mol. The summed E-state index contributed by atoms with van der Waals surface area (Å²) in [5, 5.41) is 3.20. The molecule has 1 atom stereocenters. The molecule has 1 fully saturated rings. The van der Waals surface area contributed by atoms with E-state index in [2.05, 4.69) is 5.32 Å². The van der Waals surface area contributed by atoms with Crippen LogP contribution in [0.4, 0.5) is 0 Å². The average Bonchev–Trinajstić information content (AvgIpc) is 2.16. The standard InChI is InChI=1S/C11H22N2O2/c1-5-12-11(3,4)10(14)13-6-7-15-9(2)8-13/h9,12H,5-8H2,1-4H3. The maximum absolute atomic E-state index is 12.2. The van der Waals surface area contributed by atoms with E-state index in [0.29, 0.717) is 19.7 Å². The first-order valence-corrected chi connectivity index (χ1v) is 5.63. The topological polar surface area (TPSA) is 41.6 Å². The van der Waals surface area contributed by atoms with Crippen molar-refractivity contribution in [3.63, 3.8) is 0 Å². The number of nitrogens with zero attached hydrogens (tertiary/aromatic N) is 1. The zero-order valence-electron chi connectivity index (χ0n) is 10.2. The van der Waals surface area contributed by atoms with E-state index in [1.54, 1.807) is 0 Å². The first kappa shape index (κ1) is 12.5. The fourth-order valence-corrected chi connectivity index (χ4v) is 1.92. The summed E-state index contributed by atoms with van der Waals surface area (Å²) in [6.45, 7) is 10.7. The van der Waals surface area contributed by atoms with Crippen molar-refractivity contribution >= 4 is 5.91 Å². The summed E-state index contributed by atoms with van der Waals surface area (Å²) < 4.78 is 5.42. The molecule has 4 nitrogen and oxygen atoms in total. The van der Waals surface area contributed by atoms with Crippen LogP contribution in [0.3, 0.4) is 0 Å². The van der Waals surface area contributed by atoms with Crippen molar-refractivity contribution < 1.29 is 9.53 Å². The minimum atomic E-state index is -0.466. The lowest BCUT2D eigenvalue weighted by molar-refractivity contribution is -0.144. The third-order valence-corrected chi connectivity index (χ3v) is 2.68. The van der Waals surface area contributed by atoms with Gasteiger partial charge in [0.1, 0.15) is 0 Å². The first-order chi connectivity index (χ1) is 6.97. The van der Waals surface area contributed by atoms with E-state index in [0.717, 1.165) is 6.54 Å². The summed E-state index contributed by atoms with van der Waals surface area (Å²) in [6, 6.07) is 0. The van der Waals surface area contributed by atoms with Gasteiger partial charge >= 0.3 is 0 Å². The van der Waals surface area contributed by atoms with Crippen LogP contribution in [-0.4, -0.2) is 48.7 Å². The van der Waals surface area contributed by atoms with Crippen molar-refractivity contribution in [2.24, 2.45) is 0 Å². The van der Waals surface area contributed by atoms with Gasteiger partial charge in [-0.05, 0) is 27.3 Å². The van der Waals surface area contributed by atoms with E-state index in [1.165, 1.54) is 0 Å². The maximum Gasteiger partial charge on any atom is 0.242 e. The van der Waals surface area contributed by atoms with Crippen LogP contribution < -0.4 is 5.32 Å². The second-order valence-corrected chi connectivity index (χ2v) is 4.59. The third kappa shape index (κ3) is 3.18. The highest BCUT2D eigenvalue weighted by molar-refractivity contribution is 5.85. The van der Waals surface area contributed by atoms with Crippen molar-refractivity contribution in [1.29, 1.82) is 0 Å². The normalized spacial score (nSPS) is 22.9. The second-order valence-electron chi connectivity index (χ2n) is 4.59. The molecule has 0 radical (unpaired) electrons. The molecule has 1 unspecified atom stereocenters. The number of carbonyl (C=O) groups excluding carboxylic acids is 1. The molecule has 1 aliphatic rings.